The second-order valence-corrected chi connectivity index (χ2v) is 15.1. The van der Waals surface area contributed by atoms with E-state index in [4.69, 9.17) is 10.2 Å². The molecule has 2 atom stereocenters. The van der Waals surface area contributed by atoms with Gasteiger partial charge in [0.2, 0.25) is 0 Å². The topological polar surface area (TPSA) is 106 Å². The number of aromatic nitrogens is 3. The van der Waals surface area contributed by atoms with E-state index in [1.54, 1.807) is 0 Å². The van der Waals surface area contributed by atoms with Gasteiger partial charge in [-0.05, 0) is 46.9 Å². The Kier molecular flexibility index (Phi) is 5.70. The highest BCUT2D eigenvalue weighted by Crippen LogP contribution is 2.50. The molecule has 7 nitrogen and oxygen atoms in total. The zero-order chi connectivity index (χ0) is 20.9. The summed E-state index contributed by atoms with van der Waals surface area (Å²) >= 11 is 3.56. The minimum absolute atomic E-state index is 0.0390. The number of hydrogen-bond acceptors (Lipinski definition) is 6. The van der Waals surface area contributed by atoms with Crippen molar-refractivity contribution in [3.05, 3.63) is 17.0 Å². The molecule has 2 aromatic heterocycles. The van der Waals surface area contributed by atoms with Crippen LogP contribution >= 0.6 is 15.9 Å². The second kappa shape index (κ2) is 7.35. The van der Waals surface area contributed by atoms with Gasteiger partial charge in [0, 0.05) is 22.1 Å². The molecule has 0 spiro atoms. The lowest BCUT2D eigenvalue weighted by atomic mass is 9.86. The summed E-state index contributed by atoms with van der Waals surface area (Å²) in [4.78, 5) is 8.51. The molecule has 0 saturated heterocycles. The SMILES string of the molecule is CC(C)(C)[Si](C)(C)O[C@H]1C[C@H](n2cc(Br)c3c(N)ncnc32)CC1(CO)CO. The summed E-state index contributed by atoms with van der Waals surface area (Å²) < 4.78 is 9.61. The second-order valence-electron chi connectivity index (χ2n) is 9.48. The van der Waals surface area contributed by atoms with Crippen LogP contribution < -0.4 is 5.73 Å². The molecule has 0 amide bonds. The first-order chi connectivity index (χ1) is 13.0. The highest BCUT2D eigenvalue weighted by molar-refractivity contribution is 9.10. The molecule has 0 aliphatic heterocycles. The van der Waals surface area contributed by atoms with Crippen molar-refractivity contribution in [2.75, 3.05) is 18.9 Å². The summed E-state index contributed by atoms with van der Waals surface area (Å²) in [5, 5.41) is 21.3. The minimum atomic E-state index is -2.07. The average Bonchev–Trinajstić information content (AvgIpc) is 3.13. The molecule has 0 aromatic carbocycles. The summed E-state index contributed by atoms with van der Waals surface area (Å²) in [6, 6.07) is 0.0390. The Balaban J connectivity index is 1.99. The highest BCUT2D eigenvalue weighted by atomic mass is 79.9. The number of fused-ring (bicyclic) bond motifs is 1. The van der Waals surface area contributed by atoms with Crippen LogP contribution in [0.4, 0.5) is 5.82 Å². The maximum atomic E-state index is 10.2. The van der Waals surface area contributed by atoms with Crippen LogP contribution in [0.15, 0.2) is 17.0 Å². The van der Waals surface area contributed by atoms with Crippen molar-refractivity contribution in [1.29, 1.82) is 0 Å². The number of rotatable bonds is 5. The molecule has 4 N–H and O–H groups in total. The van der Waals surface area contributed by atoms with Gasteiger partial charge in [0.1, 0.15) is 17.8 Å². The van der Waals surface area contributed by atoms with Crippen molar-refractivity contribution in [2.45, 2.75) is 63.9 Å². The first-order valence-electron chi connectivity index (χ1n) is 9.62. The van der Waals surface area contributed by atoms with E-state index in [0.717, 1.165) is 15.5 Å². The Morgan fingerprint density at radius 2 is 1.96 bits per heavy atom. The van der Waals surface area contributed by atoms with Crippen molar-refractivity contribution in [3.8, 4) is 0 Å². The Labute approximate surface area is 175 Å². The van der Waals surface area contributed by atoms with E-state index < -0.39 is 13.7 Å². The molecule has 0 radical (unpaired) electrons. The average molecular weight is 471 g/mol. The van der Waals surface area contributed by atoms with Crippen molar-refractivity contribution in [2.24, 2.45) is 5.41 Å². The molecular formula is C19H31BrN4O3Si. The van der Waals surface area contributed by atoms with Crippen LogP contribution in [0.1, 0.15) is 39.7 Å². The van der Waals surface area contributed by atoms with E-state index in [1.165, 1.54) is 6.33 Å². The lowest BCUT2D eigenvalue weighted by Crippen LogP contribution is -2.49. The third kappa shape index (κ3) is 3.51. The van der Waals surface area contributed by atoms with E-state index in [1.807, 2.05) is 6.20 Å². The third-order valence-corrected chi connectivity index (χ3v) is 11.8. The summed E-state index contributed by atoms with van der Waals surface area (Å²) in [5.74, 6) is 0.429. The zero-order valence-electron chi connectivity index (χ0n) is 17.2. The van der Waals surface area contributed by atoms with E-state index in [-0.39, 0.29) is 30.4 Å². The van der Waals surface area contributed by atoms with Gasteiger partial charge in [-0.2, -0.15) is 0 Å². The molecule has 0 unspecified atom stereocenters. The van der Waals surface area contributed by atoms with Crippen LogP contribution in [0, 0.1) is 5.41 Å². The van der Waals surface area contributed by atoms with Crippen LogP contribution in [0.2, 0.25) is 18.1 Å². The Bertz CT molecular complexity index is 861. The maximum Gasteiger partial charge on any atom is 0.192 e. The number of hydrogen-bond donors (Lipinski definition) is 3. The van der Waals surface area contributed by atoms with Gasteiger partial charge < -0.3 is 24.9 Å². The van der Waals surface area contributed by atoms with Gasteiger partial charge in [0.25, 0.3) is 0 Å². The van der Waals surface area contributed by atoms with Gasteiger partial charge in [-0.1, -0.05) is 20.8 Å². The quantitative estimate of drug-likeness (QED) is 0.577. The summed E-state index contributed by atoms with van der Waals surface area (Å²) in [7, 11) is -2.07. The Morgan fingerprint density at radius 3 is 2.54 bits per heavy atom. The fourth-order valence-corrected chi connectivity index (χ4v) is 5.83. The maximum absolute atomic E-state index is 10.2. The van der Waals surface area contributed by atoms with Crippen molar-refractivity contribution < 1.29 is 14.6 Å². The Morgan fingerprint density at radius 1 is 1.32 bits per heavy atom. The van der Waals surface area contributed by atoms with Crippen LogP contribution in [0.25, 0.3) is 11.0 Å². The normalized spacial score (nSPS) is 22.9. The highest BCUT2D eigenvalue weighted by Gasteiger charge is 2.52. The Hall–Kier alpha value is -1.00. The van der Waals surface area contributed by atoms with Crippen molar-refractivity contribution in [1.82, 2.24) is 14.5 Å². The molecule has 1 aliphatic carbocycles. The molecule has 1 fully saturated rings. The molecule has 9 heteroatoms. The molecule has 156 valence electrons. The predicted molar refractivity (Wildman–Crippen MR) is 117 cm³/mol. The number of nitrogens with two attached hydrogens (primary N) is 1. The fraction of sp³-hybridized carbons (Fsp3) is 0.684. The number of halogens is 1. The smallest absolute Gasteiger partial charge is 0.192 e. The molecule has 1 saturated carbocycles. The summed E-state index contributed by atoms with van der Waals surface area (Å²) in [6.45, 7) is 10.8. The largest absolute Gasteiger partial charge is 0.413 e. The molecule has 2 aromatic rings. The minimum Gasteiger partial charge on any atom is -0.413 e. The van der Waals surface area contributed by atoms with E-state index in [2.05, 4.69) is 64.3 Å². The van der Waals surface area contributed by atoms with Crippen molar-refractivity contribution >= 4 is 41.1 Å². The third-order valence-electron chi connectivity index (χ3n) is 6.67. The van der Waals surface area contributed by atoms with Crippen LogP contribution in [0.3, 0.4) is 0 Å². The summed E-state index contributed by atoms with van der Waals surface area (Å²) in [5.41, 5.74) is 6.11. The van der Waals surface area contributed by atoms with E-state index in [9.17, 15) is 10.2 Å². The monoisotopic (exact) mass is 470 g/mol. The predicted octanol–water partition coefficient (Wildman–Crippen LogP) is 3.47. The molecule has 28 heavy (non-hydrogen) atoms. The molecular weight excluding hydrogens is 440 g/mol. The van der Waals surface area contributed by atoms with Crippen molar-refractivity contribution in [3.63, 3.8) is 0 Å². The van der Waals surface area contributed by atoms with Crippen LogP contribution in [0.5, 0.6) is 0 Å². The number of anilines is 1. The first-order valence-corrected chi connectivity index (χ1v) is 13.3. The lowest BCUT2D eigenvalue weighted by Gasteiger charge is -2.42. The first kappa shape index (κ1) is 21.7. The molecule has 1 aliphatic rings. The molecule has 0 bridgehead atoms. The number of nitrogens with zero attached hydrogens (tertiary/aromatic N) is 3. The number of aliphatic hydroxyl groups excluding tert-OH is 2. The molecule has 3 rings (SSSR count). The van der Waals surface area contributed by atoms with Gasteiger partial charge in [0.15, 0.2) is 8.32 Å². The van der Waals surface area contributed by atoms with Gasteiger partial charge in [0.05, 0.1) is 24.7 Å². The van der Waals surface area contributed by atoms with E-state index in [0.29, 0.717) is 18.7 Å². The van der Waals surface area contributed by atoms with E-state index >= 15 is 0 Å². The van der Waals surface area contributed by atoms with Crippen LogP contribution in [-0.2, 0) is 4.43 Å². The lowest BCUT2D eigenvalue weighted by molar-refractivity contribution is -0.0253. The standard InChI is InChI=1S/C19H31BrN4O3Si/c1-18(2,3)28(4,5)27-14-6-12(7-19(14,9-25)10-26)24-8-13(20)15-16(21)22-11-23-17(15)24/h8,11-12,14,25-26H,6-7,9-10H2,1-5H3,(H2,21,22,23)/t12-,14-/m0/s1. The number of nitrogen functional groups attached to an aromatic ring is 1. The zero-order valence-corrected chi connectivity index (χ0v) is 19.8. The van der Waals surface area contributed by atoms with Gasteiger partial charge in [-0.25, -0.2) is 9.97 Å². The molecule has 2 heterocycles. The van der Waals surface area contributed by atoms with Crippen LogP contribution in [-0.4, -0.2) is 52.4 Å². The van der Waals surface area contributed by atoms with Gasteiger partial charge in [-0.3, -0.25) is 0 Å². The summed E-state index contributed by atoms with van der Waals surface area (Å²) in [6.07, 6.45) is 4.52. The van der Waals surface area contributed by atoms with Gasteiger partial charge >= 0.3 is 0 Å². The fourth-order valence-electron chi connectivity index (χ4n) is 3.82. The number of aliphatic hydroxyl groups is 2. The van der Waals surface area contributed by atoms with Gasteiger partial charge in [-0.15, -0.1) is 0 Å².